The van der Waals surface area contributed by atoms with Crippen molar-refractivity contribution >= 4 is 5.69 Å². The standard InChI is InChI=1S/C20H25NO3/c1-15-18(21-17-10-12-23-13-11-17)7-5-9-19(15)24-14-16-6-3-4-8-20(16)22-2/h3-9,17,21H,10-14H2,1-2H3. The Morgan fingerprint density at radius 3 is 2.58 bits per heavy atom. The van der Waals surface area contributed by atoms with Gasteiger partial charge in [0.25, 0.3) is 0 Å². The molecule has 1 fully saturated rings. The molecule has 1 aliphatic heterocycles. The molecule has 1 N–H and O–H groups in total. The molecule has 0 bridgehead atoms. The average Bonchev–Trinajstić information content (AvgIpc) is 2.63. The van der Waals surface area contributed by atoms with Crippen LogP contribution in [0.5, 0.6) is 11.5 Å². The van der Waals surface area contributed by atoms with E-state index in [-0.39, 0.29) is 0 Å². The lowest BCUT2D eigenvalue weighted by molar-refractivity contribution is 0.0904. The smallest absolute Gasteiger partial charge is 0.125 e. The van der Waals surface area contributed by atoms with Crippen LogP contribution in [0.1, 0.15) is 24.0 Å². The molecule has 0 amide bonds. The lowest BCUT2D eigenvalue weighted by Gasteiger charge is -2.25. The highest BCUT2D eigenvalue weighted by Gasteiger charge is 2.15. The minimum atomic E-state index is 0.474. The summed E-state index contributed by atoms with van der Waals surface area (Å²) < 4.78 is 16.9. The molecule has 0 saturated carbocycles. The number of methoxy groups -OCH3 is 1. The van der Waals surface area contributed by atoms with E-state index in [1.54, 1.807) is 7.11 Å². The van der Waals surface area contributed by atoms with Crippen LogP contribution in [0.3, 0.4) is 0 Å². The van der Waals surface area contributed by atoms with E-state index in [0.29, 0.717) is 12.6 Å². The predicted molar refractivity (Wildman–Crippen MR) is 96.0 cm³/mol. The number of hydrogen-bond donors (Lipinski definition) is 1. The molecule has 0 atom stereocenters. The quantitative estimate of drug-likeness (QED) is 0.864. The van der Waals surface area contributed by atoms with Crippen molar-refractivity contribution in [3.05, 3.63) is 53.6 Å². The zero-order valence-electron chi connectivity index (χ0n) is 14.4. The molecule has 0 aromatic heterocycles. The minimum absolute atomic E-state index is 0.474. The lowest BCUT2D eigenvalue weighted by Crippen LogP contribution is -2.28. The summed E-state index contributed by atoms with van der Waals surface area (Å²) in [4.78, 5) is 0. The van der Waals surface area contributed by atoms with Gasteiger partial charge in [0, 0.05) is 36.1 Å². The maximum atomic E-state index is 6.05. The van der Waals surface area contributed by atoms with Gasteiger partial charge in [-0.05, 0) is 38.0 Å². The fourth-order valence-electron chi connectivity index (χ4n) is 2.97. The number of benzene rings is 2. The first-order valence-corrected chi connectivity index (χ1v) is 8.46. The summed E-state index contributed by atoms with van der Waals surface area (Å²) in [6.45, 7) is 4.26. The molecule has 0 unspecified atom stereocenters. The second-order valence-corrected chi connectivity index (χ2v) is 6.06. The fourth-order valence-corrected chi connectivity index (χ4v) is 2.97. The van der Waals surface area contributed by atoms with Gasteiger partial charge in [-0.1, -0.05) is 24.3 Å². The van der Waals surface area contributed by atoms with E-state index in [0.717, 1.165) is 54.4 Å². The van der Waals surface area contributed by atoms with Crippen molar-refractivity contribution in [2.75, 3.05) is 25.6 Å². The highest BCUT2D eigenvalue weighted by Crippen LogP contribution is 2.29. The number of anilines is 1. The lowest BCUT2D eigenvalue weighted by atomic mass is 10.1. The number of ether oxygens (including phenoxy) is 3. The van der Waals surface area contributed by atoms with Crippen LogP contribution >= 0.6 is 0 Å². The monoisotopic (exact) mass is 327 g/mol. The van der Waals surface area contributed by atoms with Gasteiger partial charge in [-0.25, -0.2) is 0 Å². The number of nitrogens with one attached hydrogen (secondary N) is 1. The summed E-state index contributed by atoms with van der Waals surface area (Å²) in [5, 5.41) is 3.63. The number of hydrogen-bond acceptors (Lipinski definition) is 4. The van der Waals surface area contributed by atoms with Crippen molar-refractivity contribution < 1.29 is 14.2 Å². The Bertz CT molecular complexity index is 666. The molecule has 4 nitrogen and oxygen atoms in total. The highest BCUT2D eigenvalue weighted by molar-refractivity contribution is 5.57. The molecule has 24 heavy (non-hydrogen) atoms. The number of rotatable bonds is 6. The van der Waals surface area contributed by atoms with Crippen molar-refractivity contribution in [1.29, 1.82) is 0 Å². The molecule has 2 aromatic rings. The first-order valence-electron chi connectivity index (χ1n) is 8.46. The molecule has 0 aliphatic carbocycles. The van der Waals surface area contributed by atoms with Crippen LogP contribution in [-0.2, 0) is 11.3 Å². The van der Waals surface area contributed by atoms with Crippen LogP contribution in [-0.4, -0.2) is 26.4 Å². The van der Waals surface area contributed by atoms with Gasteiger partial charge in [0.2, 0.25) is 0 Å². The van der Waals surface area contributed by atoms with Gasteiger partial charge < -0.3 is 19.5 Å². The van der Waals surface area contributed by atoms with Crippen molar-refractivity contribution in [1.82, 2.24) is 0 Å². The Morgan fingerprint density at radius 2 is 1.79 bits per heavy atom. The summed E-state index contributed by atoms with van der Waals surface area (Å²) in [7, 11) is 1.68. The molecular formula is C20H25NO3. The Labute approximate surface area is 143 Å². The number of para-hydroxylation sites is 1. The largest absolute Gasteiger partial charge is 0.496 e. The van der Waals surface area contributed by atoms with Crippen LogP contribution < -0.4 is 14.8 Å². The van der Waals surface area contributed by atoms with Crippen molar-refractivity contribution in [3.8, 4) is 11.5 Å². The van der Waals surface area contributed by atoms with Crippen LogP contribution in [0, 0.1) is 6.92 Å². The van der Waals surface area contributed by atoms with E-state index < -0.39 is 0 Å². The van der Waals surface area contributed by atoms with E-state index in [1.165, 1.54) is 0 Å². The molecule has 1 saturated heterocycles. The second kappa shape index (κ2) is 8.06. The van der Waals surface area contributed by atoms with E-state index in [9.17, 15) is 0 Å². The minimum Gasteiger partial charge on any atom is -0.496 e. The van der Waals surface area contributed by atoms with Gasteiger partial charge in [0.05, 0.1) is 7.11 Å². The Hall–Kier alpha value is -2.20. The SMILES string of the molecule is COc1ccccc1COc1cccc(NC2CCOCC2)c1C. The van der Waals surface area contributed by atoms with E-state index in [1.807, 2.05) is 36.4 Å². The van der Waals surface area contributed by atoms with Gasteiger partial charge in [0.1, 0.15) is 18.1 Å². The van der Waals surface area contributed by atoms with Crippen LogP contribution in [0.4, 0.5) is 5.69 Å². The summed E-state index contributed by atoms with van der Waals surface area (Å²) in [6.07, 6.45) is 2.09. The van der Waals surface area contributed by atoms with Crippen LogP contribution in [0.15, 0.2) is 42.5 Å². The topological polar surface area (TPSA) is 39.7 Å². The summed E-state index contributed by atoms with van der Waals surface area (Å²) in [5.41, 5.74) is 3.32. The van der Waals surface area contributed by atoms with Crippen LogP contribution in [0.2, 0.25) is 0 Å². The van der Waals surface area contributed by atoms with E-state index >= 15 is 0 Å². The highest BCUT2D eigenvalue weighted by atomic mass is 16.5. The molecule has 2 aromatic carbocycles. The second-order valence-electron chi connectivity index (χ2n) is 6.06. The molecular weight excluding hydrogens is 302 g/mol. The zero-order valence-corrected chi connectivity index (χ0v) is 14.4. The maximum absolute atomic E-state index is 6.05. The van der Waals surface area contributed by atoms with E-state index in [2.05, 4.69) is 18.3 Å². The first kappa shape index (κ1) is 16.7. The van der Waals surface area contributed by atoms with Crippen molar-refractivity contribution in [3.63, 3.8) is 0 Å². The normalized spacial score (nSPS) is 15.1. The molecule has 128 valence electrons. The predicted octanol–water partition coefficient (Wildman–Crippen LogP) is 4.17. The summed E-state index contributed by atoms with van der Waals surface area (Å²) >= 11 is 0. The molecule has 0 radical (unpaired) electrons. The third-order valence-electron chi connectivity index (χ3n) is 4.44. The molecule has 3 rings (SSSR count). The first-order chi connectivity index (χ1) is 11.8. The zero-order chi connectivity index (χ0) is 16.8. The maximum Gasteiger partial charge on any atom is 0.125 e. The van der Waals surface area contributed by atoms with Gasteiger partial charge in [-0.2, -0.15) is 0 Å². The molecule has 4 heteroatoms. The van der Waals surface area contributed by atoms with Gasteiger partial charge in [-0.15, -0.1) is 0 Å². The van der Waals surface area contributed by atoms with Crippen LogP contribution in [0.25, 0.3) is 0 Å². The Kier molecular flexibility index (Phi) is 5.59. The van der Waals surface area contributed by atoms with Crippen molar-refractivity contribution in [2.24, 2.45) is 0 Å². The third kappa shape index (κ3) is 4.01. The van der Waals surface area contributed by atoms with Gasteiger partial charge in [0.15, 0.2) is 0 Å². The molecule has 0 spiro atoms. The third-order valence-corrected chi connectivity index (χ3v) is 4.44. The van der Waals surface area contributed by atoms with Gasteiger partial charge >= 0.3 is 0 Å². The van der Waals surface area contributed by atoms with E-state index in [4.69, 9.17) is 14.2 Å². The van der Waals surface area contributed by atoms with Gasteiger partial charge in [-0.3, -0.25) is 0 Å². The fraction of sp³-hybridized carbons (Fsp3) is 0.400. The average molecular weight is 327 g/mol. The Morgan fingerprint density at radius 1 is 1.04 bits per heavy atom. The molecule has 1 heterocycles. The van der Waals surface area contributed by atoms with Crippen molar-refractivity contribution in [2.45, 2.75) is 32.4 Å². The summed E-state index contributed by atoms with van der Waals surface area (Å²) in [6, 6.07) is 14.6. The molecule has 1 aliphatic rings. The Balaban J connectivity index is 1.68. The summed E-state index contributed by atoms with van der Waals surface area (Å²) in [5.74, 6) is 1.75.